The number of aliphatic hydroxyl groups excluding tert-OH is 4. The van der Waals surface area contributed by atoms with Crippen LogP contribution in [0, 0.1) is 0 Å². The summed E-state index contributed by atoms with van der Waals surface area (Å²) in [5.41, 5.74) is 0. The lowest BCUT2D eigenvalue weighted by molar-refractivity contribution is -0.0951. The van der Waals surface area contributed by atoms with E-state index in [9.17, 15) is 15.3 Å². The Morgan fingerprint density at radius 2 is 1.50 bits per heavy atom. The summed E-state index contributed by atoms with van der Waals surface area (Å²) in [6, 6.07) is 0. The molecule has 0 radical (unpaired) electrons. The normalized spacial score (nSPS) is 27.2. The van der Waals surface area contributed by atoms with Crippen molar-refractivity contribution < 1.29 is 20.4 Å². The number of hydrogen-bond donors (Lipinski definition) is 4. The van der Waals surface area contributed by atoms with E-state index in [-0.39, 0.29) is 4.58 Å². The number of aliphatic hydroxyl groups is 4. The highest BCUT2D eigenvalue weighted by molar-refractivity contribution is 8.20. The standard InChI is InChI=1S/C8H16O4S2/c1-4(9)5(10)6(11)7(12)8-13-2-3-14-8/h4-12H,2-3H2,1H3. The van der Waals surface area contributed by atoms with Gasteiger partial charge in [-0.1, -0.05) is 0 Å². The molecule has 0 amide bonds. The lowest BCUT2D eigenvalue weighted by Crippen LogP contribution is -2.46. The molecule has 0 aromatic rings. The van der Waals surface area contributed by atoms with Crippen LogP contribution in [0.4, 0.5) is 0 Å². The van der Waals surface area contributed by atoms with E-state index in [1.54, 1.807) is 23.5 Å². The highest BCUT2D eigenvalue weighted by atomic mass is 32.2. The van der Waals surface area contributed by atoms with Gasteiger partial charge in [0, 0.05) is 11.5 Å². The Morgan fingerprint density at radius 1 is 1.00 bits per heavy atom. The van der Waals surface area contributed by atoms with Gasteiger partial charge >= 0.3 is 0 Å². The van der Waals surface area contributed by atoms with E-state index >= 15 is 0 Å². The summed E-state index contributed by atoms with van der Waals surface area (Å²) in [7, 11) is 0. The first-order valence-electron chi connectivity index (χ1n) is 4.49. The lowest BCUT2D eigenvalue weighted by Gasteiger charge is -2.27. The summed E-state index contributed by atoms with van der Waals surface area (Å²) in [4.78, 5) is 0. The van der Waals surface area contributed by atoms with Crippen molar-refractivity contribution in [3.8, 4) is 0 Å². The predicted molar refractivity (Wildman–Crippen MR) is 58.4 cm³/mol. The van der Waals surface area contributed by atoms with Crippen LogP contribution < -0.4 is 0 Å². The van der Waals surface area contributed by atoms with Crippen LogP contribution >= 0.6 is 23.5 Å². The zero-order chi connectivity index (χ0) is 10.7. The van der Waals surface area contributed by atoms with E-state index in [2.05, 4.69) is 0 Å². The first kappa shape index (κ1) is 12.6. The van der Waals surface area contributed by atoms with Crippen molar-refractivity contribution >= 4 is 23.5 Å². The van der Waals surface area contributed by atoms with Gasteiger partial charge in [-0.05, 0) is 6.92 Å². The van der Waals surface area contributed by atoms with Gasteiger partial charge in [0.05, 0.1) is 10.7 Å². The van der Waals surface area contributed by atoms with Gasteiger partial charge in [-0.25, -0.2) is 0 Å². The maximum atomic E-state index is 9.67. The second-order valence-corrected chi connectivity index (χ2v) is 6.12. The Balaban J connectivity index is 2.45. The quantitative estimate of drug-likeness (QED) is 0.518. The van der Waals surface area contributed by atoms with Gasteiger partial charge in [0.25, 0.3) is 0 Å². The van der Waals surface area contributed by atoms with Crippen LogP contribution in [0.2, 0.25) is 0 Å². The first-order valence-corrected chi connectivity index (χ1v) is 6.59. The zero-order valence-corrected chi connectivity index (χ0v) is 9.54. The summed E-state index contributed by atoms with van der Waals surface area (Å²) >= 11 is 3.14. The molecule has 4 unspecified atom stereocenters. The lowest BCUT2D eigenvalue weighted by atomic mass is 10.1. The van der Waals surface area contributed by atoms with E-state index < -0.39 is 24.4 Å². The first-order chi connectivity index (χ1) is 6.54. The van der Waals surface area contributed by atoms with Gasteiger partial charge in [-0.2, -0.15) is 0 Å². The number of hydrogen-bond acceptors (Lipinski definition) is 6. The molecule has 6 heteroatoms. The molecule has 4 N–H and O–H groups in total. The van der Waals surface area contributed by atoms with E-state index in [1.807, 2.05) is 0 Å². The monoisotopic (exact) mass is 240 g/mol. The molecule has 1 aliphatic rings. The Bertz CT molecular complexity index is 167. The van der Waals surface area contributed by atoms with Crippen molar-refractivity contribution in [1.29, 1.82) is 0 Å². The summed E-state index contributed by atoms with van der Waals surface area (Å²) in [5, 5.41) is 37.6. The second-order valence-electron chi connectivity index (χ2n) is 3.32. The van der Waals surface area contributed by atoms with E-state index in [0.717, 1.165) is 11.5 Å². The highest BCUT2D eigenvalue weighted by Crippen LogP contribution is 2.35. The molecular weight excluding hydrogens is 224 g/mol. The third-order valence-corrected chi connectivity index (χ3v) is 5.29. The maximum Gasteiger partial charge on any atom is 0.110 e. The maximum absolute atomic E-state index is 9.67. The van der Waals surface area contributed by atoms with Crippen LogP contribution in [-0.4, -0.2) is 60.9 Å². The number of rotatable bonds is 4. The van der Waals surface area contributed by atoms with Crippen LogP contribution in [0.15, 0.2) is 0 Å². The molecule has 84 valence electrons. The van der Waals surface area contributed by atoms with Crippen molar-refractivity contribution in [2.24, 2.45) is 0 Å². The zero-order valence-electron chi connectivity index (χ0n) is 7.91. The summed E-state index contributed by atoms with van der Waals surface area (Å²) < 4.78 is -0.0987. The summed E-state index contributed by atoms with van der Waals surface area (Å²) in [6.07, 6.45) is -4.59. The molecule has 0 spiro atoms. The predicted octanol–water partition coefficient (Wildman–Crippen LogP) is -0.744. The highest BCUT2D eigenvalue weighted by Gasteiger charge is 2.35. The molecular formula is C8H16O4S2. The van der Waals surface area contributed by atoms with Crippen LogP contribution in [0.25, 0.3) is 0 Å². The van der Waals surface area contributed by atoms with Gasteiger partial charge < -0.3 is 20.4 Å². The fourth-order valence-electron chi connectivity index (χ4n) is 1.22. The van der Waals surface area contributed by atoms with Crippen molar-refractivity contribution in [2.45, 2.75) is 35.9 Å². The second kappa shape index (κ2) is 5.58. The van der Waals surface area contributed by atoms with Crippen LogP contribution in [-0.2, 0) is 0 Å². The Hall–Kier alpha value is 0.540. The molecule has 14 heavy (non-hydrogen) atoms. The minimum absolute atomic E-state index is 0.0987. The molecule has 0 aromatic carbocycles. The van der Waals surface area contributed by atoms with Gasteiger partial charge in [0.15, 0.2) is 0 Å². The van der Waals surface area contributed by atoms with Crippen molar-refractivity contribution in [3.05, 3.63) is 0 Å². The minimum Gasteiger partial charge on any atom is -0.391 e. The fraction of sp³-hybridized carbons (Fsp3) is 1.00. The molecule has 0 aliphatic carbocycles. The van der Waals surface area contributed by atoms with E-state index in [4.69, 9.17) is 5.11 Å². The van der Waals surface area contributed by atoms with Gasteiger partial charge in [0.1, 0.15) is 18.3 Å². The molecule has 1 heterocycles. The minimum atomic E-state index is -1.29. The fourth-order valence-corrected chi connectivity index (χ4v) is 4.14. The topological polar surface area (TPSA) is 80.9 Å². The Morgan fingerprint density at radius 3 is 1.93 bits per heavy atom. The molecule has 0 saturated carbocycles. The van der Waals surface area contributed by atoms with Crippen LogP contribution in [0.3, 0.4) is 0 Å². The van der Waals surface area contributed by atoms with Crippen LogP contribution in [0.1, 0.15) is 6.92 Å². The SMILES string of the molecule is CC(O)C(O)C(O)C(O)C1SCCS1. The molecule has 1 saturated heterocycles. The van der Waals surface area contributed by atoms with Crippen LogP contribution in [0.5, 0.6) is 0 Å². The molecule has 0 bridgehead atoms. The average Bonchev–Trinajstić information content (AvgIpc) is 2.67. The summed E-state index contributed by atoms with van der Waals surface area (Å²) in [6.45, 7) is 1.38. The molecule has 1 aliphatic heterocycles. The molecule has 1 rings (SSSR count). The smallest absolute Gasteiger partial charge is 0.110 e. The molecule has 4 atom stereocenters. The molecule has 0 aromatic heterocycles. The van der Waals surface area contributed by atoms with E-state index in [1.165, 1.54) is 6.92 Å². The van der Waals surface area contributed by atoms with Crippen molar-refractivity contribution in [1.82, 2.24) is 0 Å². The number of thioether (sulfide) groups is 2. The van der Waals surface area contributed by atoms with Gasteiger partial charge in [-0.3, -0.25) is 0 Å². The van der Waals surface area contributed by atoms with Crippen molar-refractivity contribution in [2.75, 3.05) is 11.5 Å². The molecule has 1 fully saturated rings. The molecule has 4 nitrogen and oxygen atoms in total. The third-order valence-electron chi connectivity index (χ3n) is 2.12. The summed E-state index contributed by atoms with van der Waals surface area (Å²) in [5.74, 6) is 1.90. The van der Waals surface area contributed by atoms with Crippen molar-refractivity contribution in [3.63, 3.8) is 0 Å². The van der Waals surface area contributed by atoms with Gasteiger partial charge in [0.2, 0.25) is 0 Å². The van der Waals surface area contributed by atoms with E-state index in [0.29, 0.717) is 0 Å². The Kier molecular flexibility index (Phi) is 5.02. The third kappa shape index (κ3) is 3.01. The van der Waals surface area contributed by atoms with Gasteiger partial charge in [-0.15, -0.1) is 23.5 Å². The largest absolute Gasteiger partial charge is 0.391 e. The average molecular weight is 240 g/mol. The Labute approximate surface area is 91.7 Å².